The first-order valence-corrected chi connectivity index (χ1v) is 6.44. The summed E-state index contributed by atoms with van der Waals surface area (Å²) in [5.41, 5.74) is 2.29. The minimum Gasteiger partial charge on any atom is -0.326 e. The van der Waals surface area contributed by atoms with Crippen molar-refractivity contribution in [1.82, 2.24) is 5.32 Å². The monoisotopic (exact) mass is 230 g/mol. The molecule has 0 bridgehead atoms. The number of carbonyl (C=O) groups is 1. The minimum absolute atomic E-state index is 0.173. The molecular weight excluding hydrogens is 212 g/mol. The molecule has 2 N–H and O–H groups in total. The molecule has 1 saturated heterocycles. The molecule has 2 aliphatic heterocycles. The number of nitrogens with one attached hydrogen (secondary N) is 2. The van der Waals surface area contributed by atoms with Crippen LogP contribution in [0.25, 0.3) is 0 Å². The quantitative estimate of drug-likeness (QED) is 0.772. The summed E-state index contributed by atoms with van der Waals surface area (Å²) in [7, 11) is 0. The molecule has 0 radical (unpaired) electrons. The van der Waals surface area contributed by atoms with Crippen LogP contribution in [0.15, 0.2) is 24.3 Å². The van der Waals surface area contributed by atoms with Crippen molar-refractivity contribution in [3.8, 4) is 0 Å². The van der Waals surface area contributed by atoms with E-state index in [0.717, 1.165) is 38.0 Å². The summed E-state index contributed by atoms with van der Waals surface area (Å²) in [6.45, 7) is 2.10. The maximum Gasteiger partial charge on any atom is 0.228 e. The Morgan fingerprint density at radius 1 is 1.12 bits per heavy atom. The van der Waals surface area contributed by atoms with E-state index < -0.39 is 0 Å². The number of rotatable bonds is 1. The molecule has 90 valence electrons. The van der Waals surface area contributed by atoms with Crippen molar-refractivity contribution < 1.29 is 4.79 Å². The van der Waals surface area contributed by atoms with E-state index in [4.69, 9.17) is 0 Å². The van der Waals surface area contributed by atoms with Gasteiger partial charge in [-0.05, 0) is 49.9 Å². The highest BCUT2D eigenvalue weighted by atomic mass is 16.2. The van der Waals surface area contributed by atoms with Gasteiger partial charge in [-0.2, -0.15) is 0 Å². The van der Waals surface area contributed by atoms with Crippen molar-refractivity contribution in [3.05, 3.63) is 29.8 Å². The first-order chi connectivity index (χ1) is 8.34. The van der Waals surface area contributed by atoms with Gasteiger partial charge >= 0.3 is 0 Å². The number of amides is 1. The van der Waals surface area contributed by atoms with E-state index in [1.165, 1.54) is 5.56 Å². The molecule has 1 atom stereocenters. The highest BCUT2D eigenvalue weighted by molar-refractivity contribution is 5.95. The van der Waals surface area contributed by atoms with Crippen LogP contribution >= 0.6 is 0 Å². The summed E-state index contributed by atoms with van der Waals surface area (Å²) in [4.78, 5) is 12.1. The van der Waals surface area contributed by atoms with Gasteiger partial charge in [-0.1, -0.05) is 18.2 Å². The zero-order valence-corrected chi connectivity index (χ0v) is 9.91. The molecule has 2 heterocycles. The fourth-order valence-electron chi connectivity index (χ4n) is 3.00. The fraction of sp³-hybridized carbons (Fsp3) is 0.500. The van der Waals surface area contributed by atoms with Crippen LogP contribution in [0.5, 0.6) is 0 Å². The molecule has 0 unspecified atom stereocenters. The van der Waals surface area contributed by atoms with E-state index in [2.05, 4.69) is 22.8 Å². The number of benzene rings is 1. The van der Waals surface area contributed by atoms with Gasteiger partial charge in [0, 0.05) is 11.6 Å². The van der Waals surface area contributed by atoms with Gasteiger partial charge in [0.05, 0.1) is 0 Å². The predicted octanol–water partition coefficient (Wildman–Crippen LogP) is 1.80. The topological polar surface area (TPSA) is 41.1 Å². The van der Waals surface area contributed by atoms with Crippen LogP contribution in [0.4, 0.5) is 5.69 Å². The second kappa shape index (κ2) is 4.49. The Labute approximate surface area is 102 Å². The van der Waals surface area contributed by atoms with Gasteiger partial charge in [-0.25, -0.2) is 0 Å². The average Bonchev–Trinajstić information content (AvgIpc) is 2.39. The smallest absolute Gasteiger partial charge is 0.228 e. The molecule has 0 spiro atoms. The lowest BCUT2D eigenvalue weighted by Crippen LogP contribution is -2.40. The van der Waals surface area contributed by atoms with Gasteiger partial charge in [-0.15, -0.1) is 0 Å². The lowest BCUT2D eigenvalue weighted by Gasteiger charge is -2.33. The van der Waals surface area contributed by atoms with Crippen molar-refractivity contribution in [2.75, 3.05) is 18.4 Å². The zero-order valence-electron chi connectivity index (χ0n) is 9.91. The Balaban J connectivity index is 1.81. The first kappa shape index (κ1) is 10.8. The summed E-state index contributed by atoms with van der Waals surface area (Å²) >= 11 is 0. The lowest BCUT2D eigenvalue weighted by atomic mass is 9.78. The van der Waals surface area contributed by atoms with Gasteiger partial charge < -0.3 is 10.6 Å². The maximum atomic E-state index is 12.1. The van der Waals surface area contributed by atoms with Crippen molar-refractivity contribution >= 4 is 11.6 Å². The van der Waals surface area contributed by atoms with Crippen molar-refractivity contribution in [3.63, 3.8) is 0 Å². The van der Waals surface area contributed by atoms with Gasteiger partial charge in [0.1, 0.15) is 0 Å². The summed E-state index contributed by atoms with van der Waals surface area (Å²) in [5.74, 6) is 0.937. The number of anilines is 1. The van der Waals surface area contributed by atoms with Crippen molar-refractivity contribution in [2.24, 2.45) is 11.8 Å². The number of hydrogen-bond donors (Lipinski definition) is 2. The Morgan fingerprint density at radius 3 is 2.71 bits per heavy atom. The molecule has 1 aromatic rings. The third kappa shape index (κ3) is 2.07. The molecule has 1 aromatic carbocycles. The summed E-state index contributed by atoms with van der Waals surface area (Å²) in [6, 6.07) is 8.15. The number of hydrogen-bond acceptors (Lipinski definition) is 2. The Kier molecular flexibility index (Phi) is 2.85. The minimum atomic E-state index is 0.173. The Bertz CT molecular complexity index is 424. The van der Waals surface area contributed by atoms with E-state index in [0.29, 0.717) is 5.92 Å². The SMILES string of the molecule is O=C1Nc2ccccc2C[C@H]1C1CCNCC1. The van der Waals surface area contributed by atoms with E-state index >= 15 is 0 Å². The second-order valence-electron chi connectivity index (χ2n) is 5.04. The van der Waals surface area contributed by atoms with E-state index in [-0.39, 0.29) is 11.8 Å². The molecule has 0 aromatic heterocycles. The van der Waals surface area contributed by atoms with Crippen molar-refractivity contribution in [1.29, 1.82) is 0 Å². The molecule has 17 heavy (non-hydrogen) atoms. The summed E-state index contributed by atoms with van der Waals surface area (Å²) in [6.07, 6.45) is 3.16. The van der Waals surface area contributed by atoms with Crippen LogP contribution in [-0.2, 0) is 11.2 Å². The standard InChI is InChI=1S/C14H18N2O/c17-14-12(10-5-7-15-8-6-10)9-11-3-1-2-4-13(11)16-14/h1-4,10,12,15H,5-9H2,(H,16,17)/t12-/m0/s1. The Hall–Kier alpha value is -1.35. The maximum absolute atomic E-state index is 12.1. The van der Waals surface area contributed by atoms with Crippen LogP contribution in [0.3, 0.4) is 0 Å². The average molecular weight is 230 g/mol. The highest BCUT2D eigenvalue weighted by Gasteiger charge is 2.33. The Morgan fingerprint density at radius 2 is 1.88 bits per heavy atom. The molecule has 2 aliphatic rings. The molecule has 0 aliphatic carbocycles. The van der Waals surface area contributed by atoms with Gasteiger partial charge in [0.15, 0.2) is 0 Å². The molecular formula is C14H18N2O. The van der Waals surface area contributed by atoms with Gasteiger partial charge in [0.2, 0.25) is 5.91 Å². The molecule has 3 heteroatoms. The largest absolute Gasteiger partial charge is 0.326 e. The fourth-order valence-corrected chi connectivity index (χ4v) is 3.00. The van der Waals surface area contributed by atoms with Crippen LogP contribution in [0.1, 0.15) is 18.4 Å². The lowest BCUT2D eigenvalue weighted by molar-refractivity contribution is -0.122. The predicted molar refractivity (Wildman–Crippen MR) is 67.9 cm³/mol. The molecule has 1 amide bonds. The number of piperidine rings is 1. The molecule has 3 rings (SSSR count). The summed E-state index contributed by atoms with van der Waals surface area (Å²) < 4.78 is 0. The van der Waals surface area contributed by atoms with Crippen molar-refractivity contribution in [2.45, 2.75) is 19.3 Å². The van der Waals surface area contributed by atoms with Crippen LogP contribution < -0.4 is 10.6 Å². The van der Waals surface area contributed by atoms with Gasteiger partial charge in [0.25, 0.3) is 0 Å². The third-order valence-corrected chi connectivity index (χ3v) is 4.00. The summed E-state index contributed by atoms with van der Waals surface area (Å²) in [5, 5.41) is 6.40. The number of carbonyl (C=O) groups excluding carboxylic acids is 1. The first-order valence-electron chi connectivity index (χ1n) is 6.44. The van der Waals surface area contributed by atoms with E-state index in [9.17, 15) is 4.79 Å². The third-order valence-electron chi connectivity index (χ3n) is 4.00. The second-order valence-corrected chi connectivity index (χ2v) is 5.04. The van der Waals surface area contributed by atoms with Gasteiger partial charge in [-0.3, -0.25) is 4.79 Å². The van der Waals surface area contributed by atoms with E-state index in [1.54, 1.807) is 0 Å². The molecule has 1 fully saturated rings. The van der Waals surface area contributed by atoms with Crippen LogP contribution in [-0.4, -0.2) is 19.0 Å². The number of fused-ring (bicyclic) bond motifs is 1. The highest BCUT2D eigenvalue weighted by Crippen LogP contribution is 2.32. The van der Waals surface area contributed by atoms with Crippen LogP contribution in [0.2, 0.25) is 0 Å². The van der Waals surface area contributed by atoms with E-state index in [1.807, 2.05) is 12.1 Å². The zero-order chi connectivity index (χ0) is 11.7. The normalized spacial score (nSPS) is 25.2. The number of para-hydroxylation sites is 1. The molecule has 3 nitrogen and oxygen atoms in total. The molecule has 0 saturated carbocycles. The van der Waals surface area contributed by atoms with Crippen LogP contribution in [0, 0.1) is 11.8 Å².